The molecule has 0 saturated heterocycles. The molecule has 0 bridgehead atoms. The van der Waals surface area contributed by atoms with Gasteiger partial charge in [0, 0.05) is 37.0 Å². The number of alkyl halides is 5. The third-order valence-electron chi connectivity index (χ3n) is 5.87. The maximum absolute atomic E-state index is 13.1. The molecule has 1 aromatic rings. The zero-order chi connectivity index (χ0) is 20.1. The van der Waals surface area contributed by atoms with Crippen molar-refractivity contribution < 1.29 is 26.7 Å². The molecule has 0 spiro atoms. The maximum Gasteiger partial charge on any atom is 0.471 e. The summed E-state index contributed by atoms with van der Waals surface area (Å²) in [5, 5.41) is 3.48. The van der Waals surface area contributed by atoms with Gasteiger partial charge in [0.05, 0.1) is 0 Å². The highest BCUT2D eigenvalue weighted by atomic mass is 19.4. The first-order chi connectivity index (χ1) is 13.1. The lowest BCUT2D eigenvalue weighted by molar-refractivity contribution is -0.171. The summed E-state index contributed by atoms with van der Waals surface area (Å²) >= 11 is 0. The molecule has 2 atom stereocenters. The number of nitrogens with one attached hydrogen (secondary N) is 1. The Bertz CT molecular complexity index is 738. The van der Waals surface area contributed by atoms with Gasteiger partial charge in [0.1, 0.15) is 0 Å². The lowest BCUT2D eigenvalue weighted by Gasteiger charge is -2.38. The van der Waals surface area contributed by atoms with E-state index in [0.29, 0.717) is 10.9 Å². The van der Waals surface area contributed by atoms with E-state index >= 15 is 0 Å². The molecule has 3 nitrogen and oxygen atoms in total. The largest absolute Gasteiger partial charge is 0.471 e. The van der Waals surface area contributed by atoms with Gasteiger partial charge in [-0.05, 0) is 55.3 Å². The topological polar surface area (TPSA) is 32.3 Å². The molecule has 28 heavy (non-hydrogen) atoms. The number of carbonyl (C=O) groups is 1. The molecule has 1 aromatic carbocycles. The van der Waals surface area contributed by atoms with Crippen molar-refractivity contribution in [2.24, 2.45) is 11.8 Å². The number of halogens is 5. The zero-order valence-electron chi connectivity index (χ0n) is 15.3. The van der Waals surface area contributed by atoms with Crippen LogP contribution in [0.25, 0.3) is 0 Å². The number of benzene rings is 1. The smallest absolute Gasteiger partial charge is 0.313 e. The average molecular weight is 402 g/mol. The molecule has 4 rings (SSSR count). The first-order valence-electron chi connectivity index (χ1n) is 9.72. The fourth-order valence-corrected chi connectivity index (χ4v) is 3.98. The highest BCUT2D eigenvalue weighted by Gasteiger charge is 2.49. The van der Waals surface area contributed by atoms with Crippen LogP contribution in [0.4, 0.5) is 27.6 Å². The van der Waals surface area contributed by atoms with Crippen molar-refractivity contribution in [3.05, 3.63) is 29.8 Å². The summed E-state index contributed by atoms with van der Waals surface area (Å²) in [7, 11) is 0. The third kappa shape index (κ3) is 4.47. The van der Waals surface area contributed by atoms with Crippen LogP contribution in [0.2, 0.25) is 0 Å². The second-order valence-electron chi connectivity index (χ2n) is 8.44. The number of hydrogen-bond acceptors (Lipinski definition) is 2. The Balaban J connectivity index is 1.47. The minimum Gasteiger partial charge on any atom is -0.313 e. The fourth-order valence-electron chi connectivity index (χ4n) is 3.98. The summed E-state index contributed by atoms with van der Waals surface area (Å²) in [6, 6.07) is 6.84. The highest BCUT2D eigenvalue weighted by Crippen LogP contribution is 2.45. The Morgan fingerprint density at radius 3 is 2.50 bits per heavy atom. The minimum atomic E-state index is -5.05. The summed E-state index contributed by atoms with van der Waals surface area (Å²) in [5.41, 5.74) is 1.01. The van der Waals surface area contributed by atoms with Crippen molar-refractivity contribution in [1.29, 1.82) is 0 Å². The van der Waals surface area contributed by atoms with Crippen LogP contribution in [0.5, 0.6) is 0 Å². The molecule has 0 heterocycles. The Labute approximate surface area is 160 Å². The summed E-state index contributed by atoms with van der Waals surface area (Å²) in [5.74, 6) is -4.51. The van der Waals surface area contributed by atoms with Gasteiger partial charge in [-0.2, -0.15) is 13.2 Å². The van der Waals surface area contributed by atoms with Crippen LogP contribution in [0.3, 0.4) is 0 Å². The molecule has 2 unspecified atom stereocenters. The van der Waals surface area contributed by atoms with Gasteiger partial charge in [-0.25, -0.2) is 8.78 Å². The van der Waals surface area contributed by atoms with E-state index in [1.165, 1.54) is 18.9 Å². The minimum absolute atomic E-state index is 0.128. The van der Waals surface area contributed by atoms with Crippen molar-refractivity contribution in [3.63, 3.8) is 0 Å². The molecule has 3 fully saturated rings. The molecule has 0 aromatic heterocycles. The van der Waals surface area contributed by atoms with Crippen LogP contribution in [-0.4, -0.2) is 37.1 Å². The van der Waals surface area contributed by atoms with Crippen LogP contribution in [0.1, 0.15) is 43.6 Å². The fraction of sp³-hybridized carbons (Fsp3) is 0.650. The first-order valence-corrected chi connectivity index (χ1v) is 9.72. The van der Waals surface area contributed by atoms with Gasteiger partial charge in [0.2, 0.25) is 5.92 Å². The van der Waals surface area contributed by atoms with Crippen LogP contribution >= 0.6 is 0 Å². The molecular weight excluding hydrogens is 379 g/mol. The van der Waals surface area contributed by atoms with E-state index in [4.69, 9.17) is 0 Å². The molecule has 3 aliphatic carbocycles. The van der Waals surface area contributed by atoms with Gasteiger partial charge in [0.15, 0.2) is 0 Å². The number of rotatable bonds is 7. The highest BCUT2D eigenvalue weighted by molar-refractivity contribution is 5.97. The second kappa shape index (κ2) is 6.97. The molecule has 1 N–H and O–H groups in total. The van der Waals surface area contributed by atoms with E-state index < -0.39 is 36.8 Å². The molecule has 154 valence electrons. The van der Waals surface area contributed by atoms with E-state index in [-0.39, 0.29) is 18.2 Å². The quantitative estimate of drug-likeness (QED) is 0.682. The third-order valence-corrected chi connectivity index (χ3v) is 5.87. The maximum atomic E-state index is 13.1. The van der Waals surface area contributed by atoms with Crippen molar-refractivity contribution in [1.82, 2.24) is 5.32 Å². The predicted molar refractivity (Wildman–Crippen MR) is 94.4 cm³/mol. The van der Waals surface area contributed by atoms with E-state index in [1.807, 2.05) is 6.07 Å². The molecule has 1 amide bonds. The molecule has 0 aliphatic heterocycles. The second-order valence-corrected chi connectivity index (χ2v) is 8.44. The van der Waals surface area contributed by atoms with E-state index in [2.05, 4.69) is 5.32 Å². The predicted octanol–water partition coefficient (Wildman–Crippen LogP) is 4.48. The Morgan fingerprint density at radius 2 is 1.89 bits per heavy atom. The van der Waals surface area contributed by atoms with E-state index in [1.54, 1.807) is 12.1 Å². The Morgan fingerprint density at radius 1 is 1.18 bits per heavy atom. The SMILES string of the molecule is O=C(N(CC1CC(F)(F)C1)c1cccc(C2CC2NCC2CC2)c1)C(F)(F)F. The summed E-state index contributed by atoms with van der Waals surface area (Å²) in [6.45, 7) is 0.626. The van der Waals surface area contributed by atoms with Crippen molar-refractivity contribution in [2.75, 3.05) is 18.0 Å². The van der Waals surface area contributed by atoms with Crippen LogP contribution in [0.15, 0.2) is 24.3 Å². The monoisotopic (exact) mass is 402 g/mol. The van der Waals surface area contributed by atoms with Crippen LogP contribution in [-0.2, 0) is 4.79 Å². The first kappa shape index (κ1) is 19.6. The van der Waals surface area contributed by atoms with Gasteiger partial charge in [-0.1, -0.05) is 12.1 Å². The molecule has 3 saturated carbocycles. The van der Waals surface area contributed by atoms with Crippen LogP contribution < -0.4 is 10.2 Å². The van der Waals surface area contributed by atoms with Gasteiger partial charge >= 0.3 is 12.1 Å². The van der Waals surface area contributed by atoms with Gasteiger partial charge in [0.25, 0.3) is 0 Å². The van der Waals surface area contributed by atoms with Crippen LogP contribution in [0, 0.1) is 11.8 Å². The van der Waals surface area contributed by atoms with Gasteiger partial charge in [-0.15, -0.1) is 0 Å². The van der Waals surface area contributed by atoms with Crippen molar-refractivity contribution in [2.45, 2.75) is 56.2 Å². The number of nitrogens with zero attached hydrogens (tertiary/aromatic N) is 1. The number of carbonyl (C=O) groups excluding carboxylic acids is 1. The molecule has 0 radical (unpaired) electrons. The van der Waals surface area contributed by atoms with E-state index in [9.17, 15) is 26.7 Å². The Hall–Kier alpha value is -1.70. The van der Waals surface area contributed by atoms with Crippen molar-refractivity contribution in [3.8, 4) is 0 Å². The van der Waals surface area contributed by atoms with Crippen molar-refractivity contribution >= 4 is 11.6 Å². The summed E-state index contributed by atoms with van der Waals surface area (Å²) in [6.07, 6.45) is -2.61. The molecule has 3 aliphatic rings. The van der Waals surface area contributed by atoms with E-state index in [0.717, 1.165) is 24.4 Å². The normalized spacial score (nSPS) is 26.6. The average Bonchev–Trinajstić information content (AvgIpc) is 3.49. The lowest BCUT2D eigenvalue weighted by atomic mass is 9.81. The number of amides is 1. The standard InChI is InChI=1S/C20H23F5N2O/c21-19(22)8-13(9-19)11-27(18(28)20(23,24)25)15-3-1-2-14(6-15)16-7-17(16)26-10-12-4-5-12/h1-3,6,12-13,16-17,26H,4-5,7-11H2. The number of hydrogen-bond donors (Lipinski definition) is 1. The lowest BCUT2D eigenvalue weighted by Crippen LogP contribution is -2.48. The number of anilines is 1. The zero-order valence-corrected chi connectivity index (χ0v) is 15.3. The summed E-state index contributed by atoms with van der Waals surface area (Å²) in [4.78, 5) is 12.6. The molecule has 8 heteroatoms. The van der Waals surface area contributed by atoms with Gasteiger partial charge < -0.3 is 10.2 Å². The Kier molecular flexibility index (Phi) is 4.88. The summed E-state index contributed by atoms with van der Waals surface area (Å²) < 4.78 is 65.4. The molecular formula is C20H23F5N2O. The van der Waals surface area contributed by atoms with Gasteiger partial charge in [-0.3, -0.25) is 4.79 Å².